The van der Waals surface area contributed by atoms with Crippen molar-refractivity contribution in [3.8, 4) is 0 Å². The van der Waals surface area contributed by atoms with Gasteiger partial charge in [-0.05, 0) is 5.56 Å². The van der Waals surface area contributed by atoms with Crippen molar-refractivity contribution in [3.05, 3.63) is 60.3 Å². The fraction of sp³-hybridized carbons (Fsp3) is 0.333. The average Bonchev–Trinajstić information content (AvgIpc) is 3.15. The van der Waals surface area contributed by atoms with Crippen LogP contribution in [0, 0.1) is 0 Å². The first-order valence-corrected chi connectivity index (χ1v) is 7.85. The quantitative estimate of drug-likeness (QED) is 0.857. The zero-order valence-electron chi connectivity index (χ0n) is 13.8. The van der Waals surface area contributed by atoms with E-state index in [4.69, 9.17) is 4.52 Å². The van der Waals surface area contributed by atoms with Crippen molar-refractivity contribution in [2.75, 3.05) is 18.0 Å². The second-order valence-corrected chi connectivity index (χ2v) is 6.37. The van der Waals surface area contributed by atoms with Gasteiger partial charge >= 0.3 is 6.03 Å². The molecule has 0 aliphatic carbocycles. The smallest absolute Gasteiger partial charge is 0.329 e. The number of benzene rings is 1. The molecule has 1 atom stereocenters. The van der Waals surface area contributed by atoms with Gasteiger partial charge in [0.25, 0.3) is 0 Å². The third-order valence-electron chi connectivity index (χ3n) is 4.38. The summed E-state index contributed by atoms with van der Waals surface area (Å²) in [6.45, 7) is 8.29. The number of nitrogens with zero attached hydrogens (tertiary/aromatic N) is 3. The lowest BCUT2D eigenvalue weighted by Gasteiger charge is -2.22. The maximum atomic E-state index is 12.4. The zero-order valence-corrected chi connectivity index (χ0v) is 13.8. The molecule has 3 rings (SSSR count). The summed E-state index contributed by atoms with van der Waals surface area (Å²) in [6, 6.07) is 11.3. The van der Waals surface area contributed by atoms with Crippen molar-refractivity contribution in [1.29, 1.82) is 0 Å². The summed E-state index contributed by atoms with van der Waals surface area (Å²) in [5, 5.41) is 14.3. The Balaban J connectivity index is 1.88. The van der Waals surface area contributed by atoms with Crippen molar-refractivity contribution in [3.63, 3.8) is 0 Å². The molecule has 1 aromatic carbocycles. The van der Waals surface area contributed by atoms with Crippen molar-refractivity contribution in [2.45, 2.75) is 25.5 Å². The van der Waals surface area contributed by atoms with Gasteiger partial charge in [0.05, 0.1) is 12.2 Å². The summed E-state index contributed by atoms with van der Waals surface area (Å²) in [5.74, 6) is 0.248. The van der Waals surface area contributed by atoms with Crippen LogP contribution in [0.5, 0.6) is 0 Å². The van der Waals surface area contributed by atoms with Crippen LogP contribution in [0.15, 0.2) is 53.6 Å². The fourth-order valence-electron chi connectivity index (χ4n) is 2.86. The molecule has 1 aliphatic heterocycles. The summed E-state index contributed by atoms with van der Waals surface area (Å²) < 4.78 is 5.37. The van der Waals surface area contributed by atoms with Crippen LogP contribution in [0.3, 0.4) is 0 Å². The Hall–Kier alpha value is -2.60. The molecule has 1 aliphatic rings. The lowest BCUT2D eigenvalue weighted by atomic mass is 9.81. The molecule has 126 valence electrons. The molecule has 0 radical (unpaired) electrons. The van der Waals surface area contributed by atoms with Crippen LogP contribution < -0.4 is 4.90 Å². The van der Waals surface area contributed by atoms with E-state index < -0.39 is 6.23 Å². The van der Waals surface area contributed by atoms with Gasteiger partial charge in [-0.1, -0.05) is 55.4 Å². The Morgan fingerprint density at radius 3 is 2.79 bits per heavy atom. The maximum absolute atomic E-state index is 12.4. The Bertz CT molecular complexity index is 739. The van der Waals surface area contributed by atoms with Crippen molar-refractivity contribution >= 4 is 11.9 Å². The lowest BCUT2D eigenvalue weighted by molar-refractivity contribution is 0.176. The highest BCUT2D eigenvalue weighted by Gasteiger charge is 2.39. The summed E-state index contributed by atoms with van der Waals surface area (Å²) in [6.07, 6.45) is 0.663. The Morgan fingerprint density at radius 1 is 1.42 bits per heavy atom. The molecule has 1 N–H and O–H groups in total. The Kier molecular flexibility index (Phi) is 4.15. The second-order valence-electron chi connectivity index (χ2n) is 6.37. The topological polar surface area (TPSA) is 69.8 Å². The molecule has 1 saturated heterocycles. The summed E-state index contributed by atoms with van der Waals surface area (Å²) in [7, 11) is 0. The van der Waals surface area contributed by atoms with Crippen molar-refractivity contribution in [2.24, 2.45) is 0 Å². The van der Waals surface area contributed by atoms with Gasteiger partial charge in [-0.2, -0.15) is 0 Å². The fourth-order valence-corrected chi connectivity index (χ4v) is 2.86. The van der Waals surface area contributed by atoms with Gasteiger partial charge in [-0.15, -0.1) is 6.58 Å². The zero-order chi connectivity index (χ0) is 17.3. The molecule has 24 heavy (non-hydrogen) atoms. The number of hydrogen-bond donors (Lipinski definition) is 1. The number of hydrogen-bond acceptors (Lipinski definition) is 4. The minimum Gasteiger partial charge on any atom is -0.371 e. The number of β-amino-alcohol motifs (C(OH)–C–C–N with tert-alkyl or cyclic N) is 1. The number of aliphatic hydroxyl groups excluding tert-OH is 1. The minimum atomic E-state index is -0.960. The molecule has 2 heterocycles. The summed E-state index contributed by atoms with van der Waals surface area (Å²) in [5.41, 5.74) is 1.41. The van der Waals surface area contributed by atoms with Crippen LogP contribution in [-0.4, -0.2) is 40.5 Å². The van der Waals surface area contributed by atoms with Gasteiger partial charge in [0.2, 0.25) is 5.88 Å². The Labute approximate surface area is 141 Å². The summed E-state index contributed by atoms with van der Waals surface area (Å²) >= 11 is 0. The van der Waals surface area contributed by atoms with Crippen molar-refractivity contribution < 1.29 is 14.4 Å². The number of carbonyl (C=O) groups is 1. The minimum absolute atomic E-state index is 0.211. The number of carbonyl (C=O) groups excluding carboxylic acids is 1. The van der Waals surface area contributed by atoms with E-state index in [1.807, 2.05) is 44.2 Å². The highest BCUT2D eigenvalue weighted by Crippen LogP contribution is 2.34. The van der Waals surface area contributed by atoms with Gasteiger partial charge in [-0.25, -0.2) is 9.69 Å². The molecule has 0 bridgehead atoms. The average molecular weight is 327 g/mol. The number of anilines is 1. The van der Waals surface area contributed by atoms with Gasteiger partial charge in [-0.3, -0.25) is 0 Å². The third kappa shape index (κ3) is 2.69. The van der Waals surface area contributed by atoms with E-state index >= 15 is 0 Å². The van der Waals surface area contributed by atoms with E-state index in [0.717, 1.165) is 5.56 Å². The lowest BCUT2D eigenvalue weighted by Crippen LogP contribution is -2.34. The molecule has 2 amide bonds. The third-order valence-corrected chi connectivity index (χ3v) is 4.38. The molecule has 6 nitrogen and oxygen atoms in total. The number of aliphatic hydroxyl groups is 1. The van der Waals surface area contributed by atoms with E-state index in [2.05, 4.69) is 11.7 Å². The van der Waals surface area contributed by atoms with Gasteiger partial charge in [0, 0.05) is 18.0 Å². The number of amides is 2. The van der Waals surface area contributed by atoms with Gasteiger partial charge in [0.1, 0.15) is 0 Å². The van der Waals surface area contributed by atoms with E-state index in [9.17, 15) is 9.90 Å². The molecule has 1 unspecified atom stereocenters. The van der Waals surface area contributed by atoms with Gasteiger partial charge in [0.15, 0.2) is 6.23 Å². The molecule has 1 aromatic heterocycles. The SMILES string of the molecule is C=CCN1CC(O)N(c2cc(C(C)(C)c3ccccc3)no2)C1=O. The number of rotatable bonds is 5. The normalized spacial score (nSPS) is 18.3. The Morgan fingerprint density at radius 2 is 2.12 bits per heavy atom. The highest BCUT2D eigenvalue weighted by molar-refractivity contribution is 5.93. The number of urea groups is 1. The van der Waals surface area contributed by atoms with E-state index in [1.165, 1.54) is 9.80 Å². The largest absolute Gasteiger partial charge is 0.371 e. The predicted octanol–water partition coefficient (Wildman–Crippen LogP) is 2.75. The molecular weight excluding hydrogens is 306 g/mol. The molecule has 6 heteroatoms. The maximum Gasteiger partial charge on any atom is 0.329 e. The second kappa shape index (κ2) is 6.13. The van der Waals surface area contributed by atoms with Crippen LogP contribution in [0.4, 0.5) is 10.7 Å². The standard InChI is InChI=1S/C18H21N3O3/c1-4-10-20-12-15(22)21(17(20)23)16-11-14(19-24-16)18(2,3)13-8-6-5-7-9-13/h4-9,11,15,22H,1,10,12H2,2-3H3. The summed E-state index contributed by atoms with van der Waals surface area (Å²) in [4.78, 5) is 15.1. The molecule has 1 fully saturated rings. The first-order valence-electron chi connectivity index (χ1n) is 7.85. The van der Waals surface area contributed by atoms with E-state index in [1.54, 1.807) is 12.1 Å². The predicted molar refractivity (Wildman–Crippen MR) is 90.7 cm³/mol. The van der Waals surface area contributed by atoms with Crippen LogP contribution in [0.2, 0.25) is 0 Å². The van der Waals surface area contributed by atoms with Crippen LogP contribution in [0.1, 0.15) is 25.1 Å². The molecular formula is C18H21N3O3. The van der Waals surface area contributed by atoms with E-state index in [-0.39, 0.29) is 23.9 Å². The van der Waals surface area contributed by atoms with Crippen LogP contribution in [0.25, 0.3) is 0 Å². The molecule has 0 saturated carbocycles. The number of aromatic nitrogens is 1. The monoisotopic (exact) mass is 327 g/mol. The van der Waals surface area contributed by atoms with E-state index in [0.29, 0.717) is 12.2 Å². The molecule has 2 aromatic rings. The highest BCUT2D eigenvalue weighted by atomic mass is 16.5. The van der Waals surface area contributed by atoms with Crippen molar-refractivity contribution in [1.82, 2.24) is 10.1 Å². The first-order chi connectivity index (χ1) is 11.4. The van der Waals surface area contributed by atoms with Crippen LogP contribution >= 0.6 is 0 Å². The van der Waals surface area contributed by atoms with Crippen LogP contribution in [-0.2, 0) is 5.41 Å². The van der Waals surface area contributed by atoms with Gasteiger partial charge < -0.3 is 14.5 Å². The molecule has 0 spiro atoms. The first kappa shape index (κ1) is 16.3.